The van der Waals surface area contributed by atoms with Gasteiger partial charge in [0.05, 0.1) is 18.6 Å². The van der Waals surface area contributed by atoms with Crippen LogP contribution in [0.15, 0.2) is 41.1 Å². The van der Waals surface area contributed by atoms with Gasteiger partial charge in [0, 0.05) is 35.7 Å². The third-order valence-corrected chi connectivity index (χ3v) is 6.24. The molecule has 8 heteroatoms. The van der Waals surface area contributed by atoms with Gasteiger partial charge in [-0.1, -0.05) is 6.42 Å². The molecule has 3 heterocycles. The monoisotopic (exact) mass is 431 g/mol. The van der Waals surface area contributed by atoms with Crippen molar-refractivity contribution < 1.29 is 18.2 Å². The van der Waals surface area contributed by atoms with E-state index in [0.29, 0.717) is 18.6 Å². The number of nitrogens with one attached hydrogen (secondary N) is 1. The van der Waals surface area contributed by atoms with Gasteiger partial charge in [-0.15, -0.1) is 0 Å². The lowest BCUT2D eigenvalue weighted by Crippen LogP contribution is -2.33. The van der Waals surface area contributed by atoms with E-state index in [4.69, 9.17) is 4.42 Å². The maximum Gasteiger partial charge on any atom is 0.232 e. The second-order valence-corrected chi connectivity index (χ2v) is 9.07. The van der Waals surface area contributed by atoms with Crippen LogP contribution in [0.1, 0.15) is 42.7 Å². The largest absolute Gasteiger partial charge is 0.468 e. The highest BCUT2D eigenvalue weighted by atomic mass is 32.2. The molecule has 1 aliphatic rings. The number of likely N-dealkylation sites (tertiary alicyclic amines) is 1. The van der Waals surface area contributed by atoms with E-state index in [2.05, 4.69) is 21.3 Å². The number of aryl methyl sites for hydroxylation is 1. The van der Waals surface area contributed by atoms with E-state index in [1.165, 1.54) is 31.1 Å². The predicted octanol–water partition coefficient (Wildman–Crippen LogP) is 2.23. The van der Waals surface area contributed by atoms with Crippen molar-refractivity contribution in [2.24, 2.45) is 0 Å². The highest BCUT2D eigenvalue weighted by Gasteiger charge is 2.13. The van der Waals surface area contributed by atoms with Crippen molar-refractivity contribution in [1.29, 1.82) is 0 Å². The Morgan fingerprint density at radius 2 is 2.03 bits per heavy atom. The second-order valence-electron chi connectivity index (χ2n) is 7.62. The summed E-state index contributed by atoms with van der Waals surface area (Å²) in [5.41, 5.74) is 2.12. The smallest absolute Gasteiger partial charge is 0.232 e. The summed E-state index contributed by atoms with van der Waals surface area (Å²) < 4.78 is 17.1. The standard InChI is InChI=1S/C22H29N3O4S/c26-20(14-24-22(27)17-30(28)16-21-5-4-12-29-21)7-6-19-13-18(8-9-23-19)15-25-10-2-1-3-11-25/h4-5,8-9,12-13H,1-3,6-7,10-11,14-17H2,(H,24,27). The fraction of sp³-hybridized carbons (Fsp3) is 0.500. The number of carbonyl (C=O) groups excluding carboxylic acids is 2. The maximum absolute atomic E-state index is 12.1. The van der Waals surface area contributed by atoms with Crippen LogP contribution in [0, 0.1) is 0 Å². The number of ketones is 1. The van der Waals surface area contributed by atoms with Crippen LogP contribution in [0.4, 0.5) is 0 Å². The van der Waals surface area contributed by atoms with Gasteiger partial charge in [0.2, 0.25) is 5.91 Å². The van der Waals surface area contributed by atoms with E-state index >= 15 is 0 Å². The molecule has 2 aromatic rings. The summed E-state index contributed by atoms with van der Waals surface area (Å²) in [6, 6.07) is 7.53. The number of pyridine rings is 1. The SMILES string of the molecule is O=C(CCc1cc(CN2CCCCC2)ccn1)CNC(=O)CS(=O)Cc1ccco1. The van der Waals surface area contributed by atoms with Crippen molar-refractivity contribution in [2.45, 2.75) is 44.4 Å². The normalized spacial score (nSPS) is 15.6. The van der Waals surface area contributed by atoms with E-state index in [-0.39, 0.29) is 23.8 Å². The molecular formula is C22H29N3O4S. The van der Waals surface area contributed by atoms with Gasteiger partial charge in [0.25, 0.3) is 0 Å². The average Bonchev–Trinajstić information content (AvgIpc) is 3.24. The summed E-state index contributed by atoms with van der Waals surface area (Å²) in [4.78, 5) is 30.8. The Balaban J connectivity index is 1.35. The Bertz CT molecular complexity index is 848. The summed E-state index contributed by atoms with van der Waals surface area (Å²) >= 11 is 0. The van der Waals surface area contributed by atoms with Crippen LogP contribution >= 0.6 is 0 Å². The maximum atomic E-state index is 12.1. The molecule has 162 valence electrons. The van der Waals surface area contributed by atoms with Crippen molar-refractivity contribution in [2.75, 3.05) is 25.4 Å². The molecule has 1 amide bonds. The number of rotatable bonds is 11. The van der Waals surface area contributed by atoms with Crippen molar-refractivity contribution in [1.82, 2.24) is 15.2 Å². The number of nitrogens with zero attached hydrogens (tertiary/aromatic N) is 2. The first-order chi connectivity index (χ1) is 14.6. The Morgan fingerprint density at radius 1 is 1.20 bits per heavy atom. The van der Waals surface area contributed by atoms with Gasteiger partial charge in [-0.3, -0.25) is 23.7 Å². The second kappa shape index (κ2) is 11.8. The summed E-state index contributed by atoms with van der Waals surface area (Å²) in [6.45, 7) is 3.16. The van der Waals surface area contributed by atoms with Gasteiger partial charge in [-0.2, -0.15) is 0 Å². The number of furan rings is 1. The highest BCUT2D eigenvalue weighted by Crippen LogP contribution is 2.13. The van der Waals surface area contributed by atoms with Crippen LogP contribution in [0.2, 0.25) is 0 Å². The molecule has 30 heavy (non-hydrogen) atoms. The highest BCUT2D eigenvalue weighted by molar-refractivity contribution is 7.84. The molecule has 0 spiro atoms. The molecule has 0 aliphatic carbocycles. The summed E-state index contributed by atoms with van der Waals surface area (Å²) in [6.07, 6.45) is 8.00. The van der Waals surface area contributed by atoms with E-state index in [0.717, 1.165) is 25.3 Å². The van der Waals surface area contributed by atoms with Gasteiger partial charge in [-0.05, 0) is 62.2 Å². The third kappa shape index (κ3) is 7.84. The number of carbonyl (C=O) groups is 2. The van der Waals surface area contributed by atoms with E-state index < -0.39 is 16.7 Å². The molecular weight excluding hydrogens is 402 g/mol. The van der Waals surface area contributed by atoms with Crippen molar-refractivity contribution in [3.05, 3.63) is 53.7 Å². The fourth-order valence-electron chi connectivity index (χ4n) is 3.49. The Morgan fingerprint density at radius 3 is 2.80 bits per heavy atom. The predicted molar refractivity (Wildman–Crippen MR) is 115 cm³/mol. The van der Waals surface area contributed by atoms with Crippen LogP contribution in [0.25, 0.3) is 0 Å². The van der Waals surface area contributed by atoms with Crippen LogP contribution in [0.3, 0.4) is 0 Å². The molecule has 1 saturated heterocycles. The lowest BCUT2D eigenvalue weighted by atomic mass is 10.1. The van der Waals surface area contributed by atoms with Crippen LogP contribution < -0.4 is 5.32 Å². The number of amides is 1. The van der Waals surface area contributed by atoms with Crippen molar-refractivity contribution in [3.63, 3.8) is 0 Å². The van der Waals surface area contributed by atoms with Gasteiger partial charge in [0.15, 0.2) is 5.78 Å². The van der Waals surface area contributed by atoms with Gasteiger partial charge in [0.1, 0.15) is 11.5 Å². The first-order valence-corrected chi connectivity index (χ1v) is 11.9. The van der Waals surface area contributed by atoms with Gasteiger partial charge < -0.3 is 9.73 Å². The van der Waals surface area contributed by atoms with Crippen LogP contribution in [-0.4, -0.2) is 51.2 Å². The Labute approximate surface area is 179 Å². The molecule has 7 nitrogen and oxygen atoms in total. The molecule has 0 saturated carbocycles. The molecule has 1 fully saturated rings. The molecule has 0 bridgehead atoms. The zero-order valence-electron chi connectivity index (χ0n) is 17.2. The number of Topliss-reactive ketones (excluding diaryl/α,β-unsaturated/α-hetero) is 1. The summed E-state index contributed by atoms with van der Waals surface area (Å²) in [5, 5.41) is 2.56. The minimum Gasteiger partial charge on any atom is -0.468 e. The third-order valence-electron chi connectivity index (χ3n) is 5.05. The lowest BCUT2D eigenvalue weighted by molar-refractivity contribution is -0.123. The van der Waals surface area contributed by atoms with Crippen LogP contribution in [-0.2, 0) is 39.1 Å². The zero-order chi connectivity index (χ0) is 21.2. The molecule has 0 aromatic carbocycles. The number of aromatic nitrogens is 1. The minimum atomic E-state index is -1.36. The average molecular weight is 432 g/mol. The molecule has 1 atom stereocenters. The first-order valence-electron chi connectivity index (χ1n) is 10.4. The fourth-order valence-corrected chi connectivity index (χ4v) is 4.47. The first kappa shape index (κ1) is 22.4. The lowest BCUT2D eigenvalue weighted by Gasteiger charge is -2.26. The van der Waals surface area contributed by atoms with E-state index in [9.17, 15) is 13.8 Å². The molecule has 1 N–H and O–H groups in total. The molecule has 1 aliphatic heterocycles. The molecule has 0 radical (unpaired) electrons. The van der Waals surface area contributed by atoms with E-state index in [1.54, 1.807) is 18.3 Å². The summed E-state index contributed by atoms with van der Waals surface area (Å²) in [7, 11) is -1.36. The van der Waals surface area contributed by atoms with E-state index in [1.807, 2.05) is 6.07 Å². The zero-order valence-corrected chi connectivity index (χ0v) is 18.0. The Hall–Kier alpha value is -2.32. The quantitative estimate of drug-likeness (QED) is 0.587. The molecule has 2 aromatic heterocycles. The number of hydrogen-bond acceptors (Lipinski definition) is 6. The molecule has 3 rings (SSSR count). The molecule has 1 unspecified atom stereocenters. The van der Waals surface area contributed by atoms with Crippen molar-refractivity contribution in [3.8, 4) is 0 Å². The van der Waals surface area contributed by atoms with Crippen molar-refractivity contribution >= 4 is 22.5 Å². The Kier molecular flexibility index (Phi) is 8.77. The minimum absolute atomic E-state index is 0.0513. The summed E-state index contributed by atoms with van der Waals surface area (Å²) in [5.74, 6) is 0.160. The number of hydrogen-bond donors (Lipinski definition) is 1. The number of piperidine rings is 1. The topological polar surface area (TPSA) is 92.5 Å². The van der Waals surface area contributed by atoms with Gasteiger partial charge in [-0.25, -0.2) is 0 Å². The van der Waals surface area contributed by atoms with Crippen LogP contribution in [0.5, 0.6) is 0 Å². The van der Waals surface area contributed by atoms with Gasteiger partial charge >= 0.3 is 0 Å².